The molecule has 0 saturated carbocycles. The van der Waals surface area contributed by atoms with Crippen LogP contribution in [0.15, 0.2) is 47.0 Å². The Morgan fingerprint density at radius 1 is 1.27 bits per heavy atom. The number of hydrogen-bond acceptors (Lipinski definition) is 6. The molecule has 2 heterocycles. The smallest absolute Gasteiger partial charge is 0.227 e. The van der Waals surface area contributed by atoms with E-state index in [4.69, 9.17) is 14.0 Å². The molecule has 7 heteroatoms. The lowest BCUT2D eigenvalue weighted by molar-refractivity contribution is -0.121. The van der Waals surface area contributed by atoms with E-state index in [9.17, 15) is 4.79 Å². The van der Waals surface area contributed by atoms with Crippen molar-refractivity contribution in [1.82, 2.24) is 15.5 Å². The van der Waals surface area contributed by atoms with Gasteiger partial charge in [0.05, 0.1) is 6.61 Å². The molecule has 0 aliphatic carbocycles. The zero-order chi connectivity index (χ0) is 20.9. The third-order valence-corrected chi connectivity index (χ3v) is 4.92. The van der Waals surface area contributed by atoms with Gasteiger partial charge < -0.3 is 19.3 Å². The lowest BCUT2D eigenvalue weighted by Gasteiger charge is -2.13. The molecule has 0 bridgehead atoms. The van der Waals surface area contributed by atoms with Gasteiger partial charge in [0, 0.05) is 42.5 Å². The normalized spacial score (nSPS) is 14.8. The number of ether oxygens (including phenoxy) is 2. The monoisotopic (exact) mass is 407 g/mol. The fraction of sp³-hybridized carbons (Fsp3) is 0.348. The van der Waals surface area contributed by atoms with Crippen molar-refractivity contribution in [3.05, 3.63) is 59.5 Å². The van der Waals surface area contributed by atoms with Gasteiger partial charge in [0.25, 0.3) is 0 Å². The Labute approximate surface area is 175 Å². The molecule has 4 rings (SSSR count). The molecule has 0 unspecified atom stereocenters. The summed E-state index contributed by atoms with van der Waals surface area (Å²) in [5.41, 5.74) is 2.93. The summed E-state index contributed by atoms with van der Waals surface area (Å²) >= 11 is 0. The summed E-state index contributed by atoms with van der Waals surface area (Å²) in [5.74, 6) is 2.54. The van der Waals surface area contributed by atoms with Crippen molar-refractivity contribution in [2.45, 2.75) is 45.8 Å². The second-order valence-electron chi connectivity index (χ2n) is 7.29. The van der Waals surface area contributed by atoms with Crippen molar-refractivity contribution in [1.29, 1.82) is 0 Å². The summed E-state index contributed by atoms with van der Waals surface area (Å²) in [4.78, 5) is 16.7. The summed E-state index contributed by atoms with van der Waals surface area (Å²) in [6.07, 6.45) is 1.68. The van der Waals surface area contributed by atoms with E-state index in [1.165, 1.54) is 0 Å². The van der Waals surface area contributed by atoms with E-state index in [0.29, 0.717) is 31.3 Å². The molecule has 156 valence electrons. The Balaban J connectivity index is 1.33. The van der Waals surface area contributed by atoms with Gasteiger partial charge in [-0.1, -0.05) is 35.5 Å². The van der Waals surface area contributed by atoms with E-state index >= 15 is 0 Å². The van der Waals surface area contributed by atoms with Crippen LogP contribution in [0.25, 0.3) is 11.4 Å². The minimum Gasteiger partial charge on any atom is -0.494 e. The van der Waals surface area contributed by atoms with Gasteiger partial charge in [0.1, 0.15) is 17.6 Å². The first kappa shape index (κ1) is 19.9. The van der Waals surface area contributed by atoms with E-state index in [2.05, 4.69) is 15.5 Å². The molecule has 1 amide bonds. The average molecular weight is 407 g/mol. The van der Waals surface area contributed by atoms with Gasteiger partial charge in [-0.15, -0.1) is 0 Å². The third kappa shape index (κ3) is 4.62. The van der Waals surface area contributed by atoms with Crippen LogP contribution in [0.1, 0.15) is 37.3 Å². The molecular formula is C23H25N3O4. The topological polar surface area (TPSA) is 86.5 Å². The predicted octanol–water partition coefficient (Wildman–Crippen LogP) is 3.71. The van der Waals surface area contributed by atoms with Crippen LogP contribution in [0.3, 0.4) is 0 Å². The summed E-state index contributed by atoms with van der Waals surface area (Å²) in [6.45, 7) is 4.93. The van der Waals surface area contributed by atoms with E-state index < -0.39 is 0 Å². The molecule has 0 spiro atoms. The molecule has 1 atom stereocenters. The Kier molecular flexibility index (Phi) is 5.97. The molecule has 0 fully saturated rings. The van der Waals surface area contributed by atoms with Crippen LogP contribution < -0.4 is 14.8 Å². The van der Waals surface area contributed by atoms with Crippen molar-refractivity contribution >= 4 is 5.91 Å². The summed E-state index contributed by atoms with van der Waals surface area (Å²) in [7, 11) is 0. The van der Waals surface area contributed by atoms with Gasteiger partial charge >= 0.3 is 0 Å². The number of amides is 1. The van der Waals surface area contributed by atoms with Crippen molar-refractivity contribution in [2.75, 3.05) is 6.61 Å². The number of nitrogens with one attached hydrogen (secondary N) is 1. The molecule has 7 nitrogen and oxygen atoms in total. The van der Waals surface area contributed by atoms with E-state index in [1.807, 2.05) is 56.3 Å². The maximum atomic E-state index is 12.3. The molecule has 30 heavy (non-hydrogen) atoms. The molecular weight excluding hydrogens is 382 g/mol. The number of fused-ring (bicyclic) bond motifs is 1. The van der Waals surface area contributed by atoms with Crippen LogP contribution in [-0.2, 0) is 24.2 Å². The van der Waals surface area contributed by atoms with Crippen LogP contribution in [0.4, 0.5) is 0 Å². The van der Waals surface area contributed by atoms with Gasteiger partial charge in [0.2, 0.25) is 17.6 Å². The van der Waals surface area contributed by atoms with Gasteiger partial charge in [-0.05, 0) is 26.0 Å². The highest BCUT2D eigenvalue weighted by Gasteiger charge is 2.22. The van der Waals surface area contributed by atoms with Crippen LogP contribution in [0.2, 0.25) is 0 Å². The molecule has 3 aromatic rings. The summed E-state index contributed by atoms with van der Waals surface area (Å²) in [6, 6.07) is 13.6. The SMILES string of the molecule is CCOc1cc2c(cc1CNC(=O)CCc1nc(-c3ccccc3)no1)O[C@H](C)C2. The number of carbonyl (C=O) groups is 1. The summed E-state index contributed by atoms with van der Waals surface area (Å²) < 4.78 is 16.9. The summed E-state index contributed by atoms with van der Waals surface area (Å²) in [5, 5.41) is 6.93. The number of aryl methyl sites for hydroxylation is 1. The first-order chi connectivity index (χ1) is 14.6. The third-order valence-electron chi connectivity index (χ3n) is 4.92. The lowest BCUT2D eigenvalue weighted by atomic mass is 10.1. The minimum absolute atomic E-state index is 0.0910. The number of carbonyl (C=O) groups excluding carboxylic acids is 1. The first-order valence-electron chi connectivity index (χ1n) is 10.2. The molecule has 1 aromatic heterocycles. The van der Waals surface area contributed by atoms with Gasteiger partial charge in [0.15, 0.2) is 0 Å². The van der Waals surface area contributed by atoms with Crippen molar-refractivity contribution in [2.24, 2.45) is 0 Å². The predicted molar refractivity (Wildman–Crippen MR) is 111 cm³/mol. The van der Waals surface area contributed by atoms with E-state index in [-0.39, 0.29) is 18.4 Å². The number of benzene rings is 2. The number of nitrogens with zero attached hydrogens (tertiary/aromatic N) is 2. The zero-order valence-corrected chi connectivity index (χ0v) is 17.2. The highest BCUT2D eigenvalue weighted by Crippen LogP contribution is 2.35. The Hall–Kier alpha value is -3.35. The Morgan fingerprint density at radius 2 is 2.10 bits per heavy atom. The largest absolute Gasteiger partial charge is 0.494 e. The zero-order valence-electron chi connectivity index (χ0n) is 17.2. The van der Waals surface area contributed by atoms with Crippen molar-refractivity contribution in [3.8, 4) is 22.9 Å². The molecule has 1 aliphatic heterocycles. The molecule has 2 aromatic carbocycles. The molecule has 1 aliphatic rings. The van der Waals surface area contributed by atoms with Gasteiger partial charge in [-0.2, -0.15) is 4.98 Å². The minimum atomic E-state index is -0.0910. The Bertz CT molecular complexity index is 1020. The maximum absolute atomic E-state index is 12.3. The number of aromatic nitrogens is 2. The highest BCUT2D eigenvalue weighted by molar-refractivity contribution is 5.76. The second-order valence-corrected chi connectivity index (χ2v) is 7.29. The van der Waals surface area contributed by atoms with Crippen molar-refractivity contribution < 1.29 is 18.8 Å². The molecule has 1 N–H and O–H groups in total. The van der Waals surface area contributed by atoms with Crippen LogP contribution in [0, 0.1) is 0 Å². The standard InChI is InChI=1S/C23H25N3O4/c1-3-28-19-12-17-11-15(2)29-20(17)13-18(19)14-24-21(27)9-10-22-25-23(26-30-22)16-7-5-4-6-8-16/h4-8,12-13,15H,3,9-11,14H2,1-2H3,(H,24,27)/t15-/m1/s1. The highest BCUT2D eigenvalue weighted by atomic mass is 16.5. The lowest BCUT2D eigenvalue weighted by Crippen LogP contribution is -2.23. The molecule has 0 saturated heterocycles. The second kappa shape index (κ2) is 8.98. The van der Waals surface area contributed by atoms with E-state index in [0.717, 1.165) is 34.6 Å². The van der Waals surface area contributed by atoms with E-state index in [1.54, 1.807) is 0 Å². The average Bonchev–Trinajstić information content (AvgIpc) is 3.37. The van der Waals surface area contributed by atoms with Crippen molar-refractivity contribution in [3.63, 3.8) is 0 Å². The fourth-order valence-corrected chi connectivity index (χ4v) is 3.47. The van der Waals surface area contributed by atoms with Gasteiger partial charge in [-0.25, -0.2) is 0 Å². The Morgan fingerprint density at radius 3 is 2.90 bits per heavy atom. The van der Waals surface area contributed by atoms with Crippen LogP contribution >= 0.6 is 0 Å². The number of rotatable bonds is 8. The number of hydrogen-bond donors (Lipinski definition) is 1. The quantitative estimate of drug-likeness (QED) is 0.613. The fourth-order valence-electron chi connectivity index (χ4n) is 3.47. The molecule has 0 radical (unpaired) electrons. The van der Waals surface area contributed by atoms with Crippen LogP contribution in [-0.4, -0.2) is 28.8 Å². The van der Waals surface area contributed by atoms with Gasteiger partial charge in [-0.3, -0.25) is 4.79 Å². The van der Waals surface area contributed by atoms with Crippen LogP contribution in [0.5, 0.6) is 11.5 Å². The first-order valence-corrected chi connectivity index (χ1v) is 10.2. The maximum Gasteiger partial charge on any atom is 0.227 e.